The molecule has 0 aromatic carbocycles. The number of amides is 1. The molecule has 6 nitrogen and oxygen atoms in total. The van der Waals surface area contributed by atoms with Crippen LogP contribution in [0.15, 0.2) is 0 Å². The zero-order valence-electron chi connectivity index (χ0n) is 11.3. The van der Waals surface area contributed by atoms with Crippen molar-refractivity contribution >= 4 is 11.9 Å². The molecule has 0 aromatic rings. The van der Waals surface area contributed by atoms with Crippen LogP contribution >= 0.6 is 0 Å². The quantitative estimate of drug-likeness (QED) is 0.509. The summed E-state index contributed by atoms with van der Waals surface area (Å²) in [5, 5.41) is 17.4. The van der Waals surface area contributed by atoms with E-state index in [0.29, 0.717) is 25.9 Å². The van der Waals surface area contributed by atoms with E-state index in [2.05, 4.69) is 0 Å². The number of carbonyl (C=O) groups is 1. The molecule has 18 heavy (non-hydrogen) atoms. The van der Waals surface area contributed by atoms with Crippen LogP contribution in [0.5, 0.6) is 0 Å². The number of nitrogens with two attached hydrogens (primary N) is 1. The summed E-state index contributed by atoms with van der Waals surface area (Å²) in [4.78, 5) is 13.4. The molecule has 0 atom stereocenters. The van der Waals surface area contributed by atoms with E-state index in [1.165, 1.54) is 0 Å². The Morgan fingerprint density at radius 2 is 1.94 bits per heavy atom. The van der Waals surface area contributed by atoms with Crippen molar-refractivity contribution in [3.8, 4) is 0 Å². The number of hydrogen-bond acceptors (Lipinski definition) is 4. The molecule has 0 aliphatic carbocycles. The third-order valence-corrected chi connectivity index (χ3v) is 2.87. The Kier molecular flexibility index (Phi) is 4.21. The molecule has 0 radical (unpaired) electrons. The fourth-order valence-electron chi connectivity index (χ4n) is 1.96. The van der Waals surface area contributed by atoms with Gasteiger partial charge in [0.15, 0.2) is 0 Å². The Morgan fingerprint density at radius 3 is 2.33 bits per heavy atom. The first-order valence-corrected chi connectivity index (χ1v) is 6.14. The highest BCUT2D eigenvalue weighted by Crippen LogP contribution is 2.26. The fraction of sp³-hybridized carbons (Fsp3) is 0.833. The highest BCUT2D eigenvalue weighted by molar-refractivity contribution is 5.78. The van der Waals surface area contributed by atoms with Crippen molar-refractivity contribution in [2.24, 2.45) is 5.73 Å². The second-order valence-corrected chi connectivity index (χ2v) is 5.89. The Bertz CT molecular complexity index is 328. The van der Waals surface area contributed by atoms with Crippen LogP contribution in [0.3, 0.4) is 0 Å². The Hall–Kier alpha value is -1.30. The van der Waals surface area contributed by atoms with E-state index in [1.54, 1.807) is 4.90 Å². The fourth-order valence-corrected chi connectivity index (χ4v) is 1.96. The highest BCUT2D eigenvalue weighted by Gasteiger charge is 2.35. The van der Waals surface area contributed by atoms with E-state index in [-0.39, 0.29) is 18.3 Å². The summed E-state index contributed by atoms with van der Waals surface area (Å²) >= 11 is 0. The average Bonchev–Trinajstić information content (AvgIpc) is 2.13. The minimum absolute atomic E-state index is 0.0248. The summed E-state index contributed by atoms with van der Waals surface area (Å²) in [7, 11) is 0. The van der Waals surface area contributed by atoms with Gasteiger partial charge >= 0.3 is 6.09 Å². The minimum Gasteiger partial charge on any atom is -0.444 e. The lowest BCUT2D eigenvalue weighted by Crippen LogP contribution is -2.49. The van der Waals surface area contributed by atoms with Crippen LogP contribution in [0.1, 0.15) is 40.0 Å². The molecule has 1 heterocycles. The number of carbonyl (C=O) groups excluding carboxylic acids is 1. The van der Waals surface area contributed by atoms with Crippen LogP contribution < -0.4 is 5.73 Å². The Labute approximate surface area is 108 Å². The summed E-state index contributed by atoms with van der Waals surface area (Å²) in [6.45, 7) is 6.32. The lowest BCUT2D eigenvalue weighted by Gasteiger charge is -2.38. The minimum atomic E-state index is -0.954. The first-order chi connectivity index (χ1) is 8.11. The van der Waals surface area contributed by atoms with Crippen LogP contribution in [-0.4, -0.2) is 46.2 Å². The van der Waals surface area contributed by atoms with Gasteiger partial charge in [0, 0.05) is 19.5 Å². The van der Waals surface area contributed by atoms with Gasteiger partial charge in [-0.1, -0.05) is 0 Å². The molecule has 1 amide bonds. The Balaban J connectivity index is 2.48. The number of nitrogens with one attached hydrogen (secondary N) is 1. The van der Waals surface area contributed by atoms with Crippen molar-refractivity contribution in [2.45, 2.75) is 51.2 Å². The zero-order valence-corrected chi connectivity index (χ0v) is 11.3. The zero-order chi connectivity index (χ0) is 14.0. The number of rotatable bonds is 2. The van der Waals surface area contributed by atoms with E-state index in [9.17, 15) is 9.90 Å². The van der Waals surface area contributed by atoms with Crippen molar-refractivity contribution in [3.05, 3.63) is 0 Å². The number of aliphatic hydroxyl groups is 1. The second kappa shape index (κ2) is 5.14. The van der Waals surface area contributed by atoms with Crippen molar-refractivity contribution in [1.29, 1.82) is 5.41 Å². The van der Waals surface area contributed by atoms with Gasteiger partial charge in [-0.3, -0.25) is 5.41 Å². The molecule has 6 heteroatoms. The average molecular weight is 257 g/mol. The van der Waals surface area contributed by atoms with E-state index in [4.69, 9.17) is 15.9 Å². The van der Waals surface area contributed by atoms with Crippen molar-refractivity contribution in [1.82, 2.24) is 4.90 Å². The lowest BCUT2D eigenvalue weighted by molar-refractivity contribution is -0.0278. The molecule has 0 aromatic heterocycles. The molecular weight excluding hydrogens is 234 g/mol. The molecular formula is C12H23N3O3. The predicted octanol–water partition coefficient (Wildman–Crippen LogP) is 1.07. The van der Waals surface area contributed by atoms with Gasteiger partial charge in [-0.2, -0.15) is 0 Å². The summed E-state index contributed by atoms with van der Waals surface area (Å²) in [5.41, 5.74) is 3.84. The van der Waals surface area contributed by atoms with Crippen molar-refractivity contribution in [2.75, 3.05) is 13.1 Å². The summed E-state index contributed by atoms with van der Waals surface area (Å²) in [6, 6.07) is 0. The first kappa shape index (κ1) is 14.8. The molecule has 4 N–H and O–H groups in total. The van der Waals surface area contributed by atoms with Crippen LogP contribution in [-0.2, 0) is 4.74 Å². The monoisotopic (exact) mass is 257 g/mol. The normalized spacial score (nSPS) is 19.4. The lowest BCUT2D eigenvalue weighted by atomic mass is 9.88. The summed E-state index contributed by atoms with van der Waals surface area (Å²) in [5.74, 6) is -0.0248. The first-order valence-electron chi connectivity index (χ1n) is 6.14. The molecule has 1 rings (SSSR count). The van der Waals surface area contributed by atoms with Crippen molar-refractivity contribution in [3.63, 3.8) is 0 Å². The molecule has 1 fully saturated rings. The third kappa shape index (κ3) is 4.52. The van der Waals surface area contributed by atoms with Crippen molar-refractivity contribution < 1.29 is 14.6 Å². The van der Waals surface area contributed by atoms with E-state index in [1.807, 2.05) is 20.8 Å². The maximum atomic E-state index is 11.8. The number of nitrogens with zero attached hydrogens (tertiary/aromatic N) is 1. The van der Waals surface area contributed by atoms with Gasteiger partial charge in [-0.25, -0.2) is 4.79 Å². The second-order valence-electron chi connectivity index (χ2n) is 5.89. The van der Waals surface area contributed by atoms with Crippen LogP contribution in [0, 0.1) is 5.41 Å². The number of ether oxygens (including phenoxy) is 1. The van der Waals surface area contributed by atoms with Crippen LogP contribution in [0.4, 0.5) is 4.79 Å². The number of hydrogen-bond donors (Lipinski definition) is 3. The number of piperidine rings is 1. The number of amidine groups is 1. The van der Waals surface area contributed by atoms with Gasteiger partial charge < -0.3 is 20.5 Å². The standard InChI is InChI=1S/C12H23N3O3/c1-11(2,3)18-10(16)15-6-4-12(17,5-7-15)8-9(13)14/h17H,4-8H2,1-3H3,(H3,13,14). The molecule has 0 bridgehead atoms. The van der Waals surface area contributed by atoms with Gasteiger partial charge in [-0.05, 0) is 33.6 Å². The van der Waals surface area contributed by atoms with Gasteiger partial charge in [0.25, 0.3) is 0 Å². The van der Waals surface area contributed by atoms with E-state index < -0.39 is 11.2 Å². The molecule has 1 aliphatic heterocycles. The highest BCUT2D eigenvalue weighted by atomic mass is 16.6. The largest absolute Gasteiger partial charge is 0.444 e. The third-order valence-electron chi connectivity index (χ3n) is 2.87. The molecule has 0 saturated carbocycles. The predicted molar refractivity (Wildman–Crippen MR) is 68.5 cm³/mol. The molecule has 0 spiro atoms. The topological polar surface area (TPSA) is 99.6 Å². The molecule has 104 valence electrons. The smallest absolute Gasteiger partial charge is 0.410 e. The van der Waals surface area contributed by atoms with Crippen LogP contribution in [0.2, 0.25) is 0 Å². The summed E-state index contributed by atoms with van der Waals surface area (Å²) in [6.07, 6.45) is 0.652. The maximum absolute atomic E-state index is 11.8. The van der Waals surface area contributed by atoms with Crippen LogP contribution in [0.25, 0.3) is 0 Å². The van der Waals surface area contributed by atoms with Gasteiger partial charge in [0.2, 0.25) is 0 Å². The summed E-state index contributed by atoms with van der Waals surface area (Å²) < 4.78 is 5.26. The Morgan fingerprint density at radius 1 is 1.44 bits per heavy atom. The molecule has 1 saturated heterocycles. The number of likely N-dealkylation sites (tertiary alicyclic amines) is 1. The van der Waals surface area contributed by atoms with E-state index >= 15 is 0 Å². The van der Waals surface area contributed by atoms with E-state index in [0.717, 1.165) is 0 Å². The molecule has 1 aliphatic rings. The maximum Gasteiger partial charge on any atom is 0.410 e. The van der Waals surface area contributed by atoms with Gasteiger partial charge in [0.05, 0.1) is 11.4 Å². The SMILES string of the molecule is CC(C)(C)OC(=O)N1CCC(O)(CC(=N)N)CC1. The molecule has 0 unspecified atom stereocenters. The van der Waals surface area contributed by atoms with Gasteiger partial charge in [-0.15, -0.1) is 0 Å². The van der Waals surface area contributed by atoms with Gasteiger partial charge in [0.1, 0.15) is 5.60 Å².